The zero-order valence-corrected chi connectivity index (χ0v) is 11.5. The van der Waals surface area contributed by atoms with E-state index < -0.39 is 0 Å². The third kappa shape index (κ3) is 2.43. The molecule has 2 aliphatic heterocycles. The predicted molar refractivity (Wildman–Crippen MR) is 69.7 cm³/mol. The van der Waals surface area contributed by atoms with E-state index in [1.54, 1.807) is 0 Å². The Kier molecular flexibility index (Phi) is 3.60. The highest BCUT2D eigenvalue weighted by Gasteiger charge is 2.38. The van der Waals surface area contributed by atoms with Gasteiger partial charge in [0.05, 0.1) is 0 Å². The van der Waals surface area contributed by atoms with Gasteiger partial charge in [0.25, 0.3) is 0 Å². The molecular weight excluding hydrogens is 196 g/mol. The molecule has 0 amide bonds. The van der Waals surface area contributed by atoms with Gasteiger partial charge in [0, 0.05) is 31.2 Å². The largest absolute Gasteiger partial charge is 0.301 e. The summed E-state index contributed by atoms with van der Waals surface area (Å²) in [5.74, 6) is 0.917. The van der Waals surface area contributed by atoms with Crippen LogP contribution in [0.2, 0.25) is 0 Å². The molecule has 0 aromatic heterocycles. The molecule has 0 aromatic rings. The van der Waals surface area contributed by atoms with Crippen LogP contribution in [0.4, 0.5) is 0 Å². The third-order valence-electron chi connectivity index (χ3n) is 4.79. The molecule has 0 spiro atoms. The second kappa shape index (κ2) is 4.66. The molecule has 2 fully saturated rings. The molecule has 1 atom stereocenters. The van der Waals surface area contributed by atoms with Gasteiger partial charge < -0.3 is 4.90 Å². The summed E-state index contributed by atoms with van der Waals surface area (Å²) in [4.78, 5) is 5.39. The molecule has 0 unspecified atom stereocenters. The number of piperidine rings is 1. The van der Waals surface area contributed by atoms with Gasteiger partial charge in [-0.1, -0.05) is 6.92 Å². The van der Waals surface area contributed by atoms with Crippen LogP contribution in [0.1, 0.15) is 47.0 Å². The Balaban J connectivity index is 1.91. The summed E-state index contributed by atoms with van der Waals surface area (Å²) >= 11 is 0. The molecule has 16 heavy (non-hydrogen) atoms. The SMILES string of the molecule is CC(C)N1CCC(C)(N2CC[C@H](C)C2)CC1. The lowest BCUT2D eigenvalue weighted by molar-refractivity contribution is 0.0382. The zero-order valence-electron chi connectivity index (χ0n) is 11.5. The fourth-order valence-electron chi connectivity index (χ4n) is 3.26. The maximum absolute atomic E-state index is 2.76. The fraction of sp³-hybridized carbons (Fsp3) is 1.00. The van der Waals surface area contributed by atoms with Crippen LogP contribution in [0.15, 0.2) is 0 Å². The highest BCUT2D eigenvalue weighted by Crippen LogP contribution is 2.33. The van der Waals surface area contributed by atoms with E-state index in [1.807, 2.05) is 0 Å². The maximum Gasteiger partial charge on any atom is 0.0205 e. The molecule has 2 aliphatic rings. The Hall–Kier alpha value is -0.0800. The molecule has 0 radical (unpaired) electrons. The van der Waals surface area contributed by atoms with Crippen molar-refractivity contribution in [1.29, 1.82) is 0 Å². The average molecular weight is 224 g/mol. The molecule has 0 aromatic carbocycles. The summed E-state index contributed by atoms with van der Waals surface area (Å²) in [6.45, 7) is 14.8. The highest BCUT2D eigenvalue weighted by molar-refractivity contribution is 4.94. The second-order valence-corrected chi connectivity index (χ2v) is 6.47. The molecule has 2 saturated heterocycles. The number of nitrogens with zero attached hydrogens (tertiary/aromatic N) is 2. The van der Waals surface area contributed by atoms with Crippen molar-refractivity contribution < 1.29 is 0 Å². The van der Waals surface area contributed by atoms with Crippen LogP contribution < -0.4 is 0 Å². The number of rotatable bonds is 2. The summed E-state index contributed by atoms with van der Waals surface area (Å²) in [6, 6.07) is 0.724. The molecule has 2 nitrogen and oxygen atoms in total. The molecule has 2 rings (SSSR count). The van der Waals surface area contributed by atoms with E-state index in [0.29, 0.717) is 5.54 Å². The first kappa shape index (κ1) is 12.4. The maximum atomic E-state index is 2.76. The normalized spacial score (nSPS) is 32.4. The van der Waals surface area contributed by atoms with Crippen molar-refractivity contribution in [2.45, 2.75) is 58.5 Å². The van der Waals surface area contributed by atoms with Crippen LogP contribution in [0.25, 0.3) is 0 Å². The van der Waals surface area contributed by atoms with Crippen LogP contribution in [0.3, 0.4) is 0 Å². The summed E-state index contributed by atoms with van der Waals surface area (Å²) in [5, 5.41) is 0. The van der Waals surface area contributed by atoms with Crippen molar-refractivity contribution in [2.24, 2.45) is 5.92 Å². The minimum atomic E-state index is 0.496. The van der Waals surface area contributed by atoms with E-state index in [0.717, 1.165) is 12.0 Å². The van der Waals surface area contributed by atoms with Gasteiger partial charge in [0.15, 0.2) is 0 Å². The van der Waals surface area contributed by atoms with Crippen molar-refractivity contribution in [1.82, 2.24) is 9.80 Å². The van der Waals surface area contributed by atoms with Gasteiger partial charge in [-0.15, -0.1) is 0 Å². The second-order valence-electron chi connectivity index (χ2n) is 6.47. The van der Waals surface area contributed by atoms with E-state index in [9.17, 15) is 0 Å². The number of likely N-dealkylation sites (tertiary alicyclic amines) is 2. The molecule has 2 heteroatoms. The van der Waals surface area contributed by atoms with Crippen LogP contribution in [-0.4, -0.2) is 47.6 Å². The Labute approximate surface area is 101 Å². The fourth-order valence-corrected chi connectivity index (χ4v) is 3.26. The summed E-state index contributed by atoms with van der Waals surface area (Å²) in [7, 11) is 0. The zero-order chi connectivity index (χ0) is 11.8. The molecule has 94 valence electrons. The predicted octanol–water partition coefficient (Wildman–Crippen LogP) is 2.59. The lowest BCUT2D eigenvalue weighted by atomic mass is 9.87. The van der Waals surface area contributed by atoms with Crippen LogP contribution >= 0.6 is 0 Å². The topological polar surface area (TPSA) is 6.48 Å². The van der Waals surface area contributed by atoms with Crippen molar-refractivity contribution in [3.63, 3.8) is 0 Å². The Morgan fingerprint density at radius 2 is 1.75 bits per heavy atom. The van der Waals surface area contributed by atoms with E-state index >= 15 is 0 Å². The highest BCUT2D eigenvalue weighted by atomic mass is 15.2. The Bertz CT molecular complexity index is 229. The van der Waals surface area contributed by atoms with Gasteiger partial charge >= 0.3 is 0 Å². The first-order chi connectivity index (χ1) is 7.51. The van der Waals surface area contributed by atoms with Crippen LogP contribution in [-0.2, 0) is 0 Å². The number of hydrogen-bond acceptors (Lipinski definition) is 2. The molecular formula is C14H28N2. The molecule has 0 bridgehead atoms. The smallest absolute Gasteiger partial charge is 0.0205 e. The molecule has 2 heterocycles. The van der Waals surface area contributed by atoms with Gasteiger partial charge in [0.2, 0.25) is 0 Å². The summed E-state index contributed by atoms with van der Waals surface area (Å²) in [5.41, 5.74) is 0.496. The average Bonchev–Trinajstić information content (AvgIpc) is 2.66. The number of hydrogen-bond donors (Lipinski definition) is 0. The van der Waals surface area contributed by atoms with Gasteiger partial charge in [-0.3, -0.25) is 4.90 Å². The standard InChI is InChI=1S/C14H28N2/c1-12(2)15-9-6-14(4,7-10-15)16-8-5-13(3)11-16/h12-13H,5-11H2,1-4H3/t13-/m0/s1. The molecule has 0 saturated carbocycles. The van der Waals surface area contributed by atoms with Gasteiger partial charge in [-0.2, -0.15) is 0 Å². The van der Waals surface area contributed by atoms with Crippen molar-refractivity contribution in [3.05, 3.63) is 0 Å². The quantitative estimate of drug-likeness (QED) is 0.711. The first-order valence-corrected chi connectivity index (χ1v) is 7.00. The minimum absolute atomic E-state index is 0.496. The van der Waals surface area contributed by atoms with Crippen molar-refractivity contribution >= 4 is 0 Å². The van der Waals surface area contributed by atoms with Crippen LogP contribution in [0, 0.1) is 5.92 Å². The van der Waals surface area contributed by atoms with Gasteiger partial charge in [-0.25, -0.2) is 0 Å². The van der Waals surface area contributed by atoms with Crippen molar-refractivity contribution in [3.8, 4) is 0 Å². The monoisotopic (exact) mass is 224 g/mol. The molecule has 0 N–H and O–H groups in total. The van der Waals surface area contributed by atoms with Gasteiger partial charge in [-0.05, 0) is 52.5 Å². The van der Waals surface area contributed by atoms with E-state index in [4.69, 9.17) is 0 Å². The third-order valence-corrected chi connectivity index (χ3v) is 4.79. The Morgan fingerprint density at radius 3 is 2.19 bits per heavy atom. The van der Waals surface area contributed by atoms with E-state index in [1.165, 1.54) is 45.4 Å². The molecule has 0 aliphatic carbocycles. The van der Waals surface area contributed by atoms with Crippen molar-refractivity contribution in [2.75, 3.05) is 26.2 Å². The van der Waals surface area contributed by atoms with Crippen LogP contribution in [0.5, 0.6) is 0 Å². The lowest BCUT2D eigenvalue weighted by Gasteiger charge is -2.46. The van der Waals surface area contributed by atoms with E-state index in [2.05, 4.69) is 37.5 Å². The minimum Gasteiger partial charge on any atom is -0.301 e. The first-order valence-electron chi connectivity index (χ1n) is 7.00. The summed E-state index contributed by atoms with van der Waals surface area (Å²) in [6.07, 6.45) is 4.12. The van der Waals surface area contributed by atoms with Gasteiger partial charge in [0.1, 0.15) is 0 Å². The van der Waals surface area contributed by atoms with E-state index in [-0.39, 0.29) is 0 Å². The Morgan fingerprint density at radius 1 is 1.12 bits per heavy atom. The lowest BCUT2D eigenvalue weighted by Crippen LogP contribution is -2.53. The summed E-state index contributed by atoms with van der Waals surface area (Å²) < 4.78 is 0.